The third-order valence-electron chi connectivity index (χ3n) is 4.54. The molecule has 122 valence electrons. The van der Waals surface area contributed by atoms with Gasteiger partial charge in [-0.05, 0) is 44.7 Å². The summed E-state index contributed by atoms with van der Waals surface area (Å²) in [6, 6.07) is 9.47. The number of piperidine rings is 1. The van der Waals surface area contributed by atoms with Crippen molar-refractivity contribution >= 4 is 17.5 Å². The van der Waals surface area contributed by atoms with Crippen LogP contribution in [0.4, 0.5) is 0 Å². The van der Waals surface area contributed by atoms with Gasteiger partial charge in [-0.3, -0.25) is 4.79 Å². The van der Waals surface area contributed by atoms with Gasteiger partial charge in [-0.1, -0.05) is 35.8 Å². The minimum absolute atomic E-state index is 0.0704. The fourth-order valence-corrected chi connectivity index (χ4v) is 3.85. The van der Waals surface area contributed by atoms with E-state index in [1.807, 2.05) is 23.1 Å². The summed E-state index contributed by atoms with van der Waals surface area (Å²) in [5.74, 6) is 1.09. The third-order valence-corrected chi connectivity index (χ3v) is 4.87. The predicted octanol–water partition coefficient (Wildman–Crippen LogP) is 4.64. The lowest BCUT2D eigenvalue weighted by molar-refractivity contribution is 0.0424. The molecule has 1 aromatic carbocycles. The topological polar surface area (TPSA) is 46.3 Å². The fourth-order valence-electron chi connectivity index (χ4n) is 3.62. The molecule has 1 aliphatic rings. The van der Waals surface area contributed by atoms with Gasteiger partial charge < -0.3 is 9.42 Å². The van der Waals surface area contributed by atoms with Crippen molar-refractivity contribution in [2.45, 2.75) is 45.7 Å². The Morgan fingerprint density at radius 3 is 2.52 bits per heavy atom. The second-order valence-corrected chi connectivity index (χ2v) is 6.95. The molecule has 0 aliphatic carbocycles. The number of likely N-dealkylation sites (tertiary alicyclic amines) is 1. The van der Waals surface area contributed by atoms with Crippen LogP contribution in [-0.2, 0) is 0 Å². The smallest absolute Gasteiger partial charge is 0.276 e. The first-order valence-electron chi connectivity index (χ1n) is 8.01. The molecule has 1 amide bonds. The van der Waals surface area contributed by atoms with E-state index in [9.17, 15) is 4.79 Å². The van der Waals surface area contributed by atoms with Crippen molar-refractivity contribution in [2.24, 2.45) is 5.92 Å². The molecule has 0 bridgehead atoms. The van der Waals surface area contributed by atoms with Gasteiger partial charge >= 0.3 is 0 Å². The second-order valence-electron chi connectivity index (χ2n) is 6.54. The maximum atomic E-state index is 12.8. The Kier molecular flexibility index (Phi) is 4.44. The zero-order valence-corrected chi connectivity index (χ0v) is 14.4. The number of carbonyl (C=O) groups excluding carboxylic acids is 1. The molecule has 0 spiro atoms. The largest absolute Gasteiger partial charge is 0.355 e. The van der Waals surface area contributed by atoms with Gasteiger partial charge in [0.2, 0.25) is 0 Å². The van der Waals surface area contributed by atoms with Crippen molar-refractivity contribution in [3.05, 3.63) is 41.0 Å². The van der Waals surface area contributed by atoms with Gasteiger partial charge in [-0.25, -0.2) is 0 Å². The van der Waals surface area contributed by atoms with E-state index in [0.717, 1.165) is 18.4 Å². The monoisotopic (exact) mass is 332 g/mol. The van der Waals surface area contributed by atoms with Crippen LogP contribution in [0.1, 0.15) is 44.1 Å². The number of nitrogens with zero attached hydrogens (tertiary/aromatic N) is 2. The lowest BCUT2D eigenvalue weighted by Gasteiger charge is -2.41. The van der Waals surface area contributed by atoms with E-state index < -0.39 is 0 Å². The molecule has 0 radical (unpaired) electrons. The Morgan fingerprint density at radius 1 is 1.22 bits per heavy atom. The van der Waals surface area contributed by atoms with Gasteiger partial charge in [-0.2, -0.15) is 0 Å². The normalized spacial score (nSPS) is 24.7. The quantitative estimate of drug-likeness (QED) is 0.804. The van der Waals surface area contributed by atoms with E-state index in [4.69, 9.17) is 16.1 Å². The van der Waals surface area contributed by atoms with Crippen molar-refractivity contribution in [1.82, 2.24) is 10.1 Å². The van der Waals surface area contributed by atoms with Crippen molar-refractivity contribution in [1.29, 1.82) is 0 Å². The maximum Gasteiger partial charge on any atom is 0.276 e. The average Bonchev–Trinajstić information content (AvgIpc) is 2.96. The molecule has 3 atom stereocenters. The molecule has 0 N–H and O–H groups in total. The Balaban J connectivity index is 1.85. The Labute approximate surface area is 141 Å². The van der Waals surface area contributed by atoms with Gasteiger partial charge in [0, 0.05) is 23.7 Å². The first-order chi connectivity index (χ1) is 11.0. The standard InChI is InChI=1S/C18H21ClN2O2/c1-11-8-12(2)21(13(3)9-11)18(22)16-10-17(23-20-16)14-6-4-5-7-15(14)19/h4-7,10-13H,8-9H2,1-3H3/t11?,12-,13+. The Hall–Kier alpha value is -1.81. The molecule has 3 rings (SSSR count). The molecule has 23 heavy (non-hydrogen) atoms. The molecule has 5 heteroatoms. The number of halogens is 1. The number of hydrogen-bond acceptors (Lipinski definition) is 3. The lowest BCUT2D eigenvalue weighted by atomic mass is 9.88. The van der Waals surface area contributed by atoms with E-state index >= 15 is 0 Å². The average molecular weight is 333 g/mol. The summed E-state index contributed by atoms with van der Waals surface area (Å²) in [5, 5.41) is 4.55. The molecule has 1 aromatic heterocycles. The fraction of sp³-hybridized carbons (Fsp3) is 0.444. The summed E-state index contributed by atoms with van der Waals surface area (Å²) in [6.45, 7) is 6.43. The van der Waals surface area contributed by atoms with Crippen LogP contribution >= 0.6 is 11.6 Å². The van der Waals surface area contributed by atoms with Gasteiger partial charge in [0.05, 0.1) is 5.02 Å². The van der Waals surface area contributed by atoms with Crippen LogP contribution in [-0.4, -0.2) is 28.0 Å². The first kappa shape index (κ1) is 16.1. The number of benzene rings is 1. The molecule has 2 heterocycles. The van der Waals surface area contributed by atoms with Crippen LogP contribution in [0.25, 0.3) is 11.3 Å². The summed E-state index contributed by atoms with van der Waals surface area (Å²) in [4.78, 5) is 14.8. The lowest BCUT2D eigenvalue weighted by Crippen LogP contribution is -2.49. The highest BCUT2D eigenvalue weighted by molar-refractivity contribution is 6.33. The van der Waals surface area contributed by atoms with E-state index in [2.05, 4.69) is 25.9 Å². The van der Waals surface area contributed by atoms with Crippen molar-refractivity contribution in [3.63, 3.8) is 0 Å². The van der Waals surface area contributed by atoms with Crippen LogP contribution in [0.3, 0.4) is 0 Å². The second kappa shape index (κ2) is 6.36. The maximum absolute atomic E-state index is 12.8. The molecule has 1 fully saturated rings. The molecular weight excluding hydrogens is 312 g/mol. The number of aromatic nitrogens is 1. The molecule has 1 unspecified atom stereocenters. The minimum Gasteiger partial charge on any atom is -0.355 e. The summed E-state index contributed by atoms with van der Waals surface area (Å²) < 4.78 is 5.35. The van der Waals surface area contributed by atoms with Gasteiger partial charge in [0.15, 0.2) is 11.5 Å². The molecule has 1 saturated heterocycles. The van der Waals surface area contributed by atoms with Gasteiger partial charge in [0.1, 0.15) is 0 Å². The zero-order chi connectivity index (χ0) is 16.6. The number of carbonyl (C=O) groups is 1. The highest BCUT2D eigenvalue weighted by Crippen LogP contribution is 2.31. The molecule has 1 aliphatic heterocycles. The predicted molar refractivity (Wildman–Crippen MR) is 90.4 cm³/mol. The number of amides is 1. The Morgan fingerprint density at radius 2 is 1.87 bits per heavy atom. The van der Waals surface area contributed by atoms with Crippen LogP contribution < -0.4 is 0 Å². The molecule has 2 aromatic rings. The van der Waals surface area contributed by atoms with Crippen LogP contribution in [0.5, 0.6) is 0 Å². The summed E-state index contributed by atoms with van der Waals surface area (Å²) in [6.07, 6.45) is 2.04. The third kappa shape index (κ3) is 3.13. The summed E-state index contributed by atoms with van der Waals surface area (Å²) >= 11 is 6.18. The van der Waals surface area contributed by atoms with E-state index in [0.29, 0.717) is 22.4 Å². The van der Waals surface area contributed by atoms with E-state index in [1.165, 1.54) is 0 Å². The van der Waals surface area contributed by atoms with Crippen LogP contribution in [0.15, 0.2) is 34.9 Å². The Bertz CT molecular complexity index is 701. The minimum atomic E-state index is -0.0704. The molecule has 0 saturated carbocycles. The highest BCUT2D eigenvalue weighted by Gasteiger charge is 2.34. The van der Waals surface area contributed by atoms with Crippen molar-refractivity contribution in [3.8, 4) is 11.3 Å². The van der Waals surface area contributed by atoms with Crippen molar-refractivity contribution in [2.75, 3.05) is 0 Å². The van der Waals surface area contributed by atoms with Crippen molar-refractivity contribution < 1.29 is 9.32 Å². The van der Waals surface area contributed by atoms with Gasteiger partial charge in [-0.15, -0.1) is 0 Å². The molecular formula is C18H21ClN2O2. The van der Waals surface area contributed by atoms with E-state index in [-0.39, 0.29) is 18.0 Å². The van der Waals surface area contributed by atoms with Crippen LogP contribution in [0.2, 0.25) is 5.02 Å². The number of rotatable bonds is 2. The first-order valence-corrected chi connectivity index (χ1v) is 8.39. The SMILES string of the molecule is CC1C[C@@H](C)N(C(=O)c2cc(-c3ccccc3Cl)on2)[C@@H](C)C1. The summed E-state index contributed by atoms with van der Waals surface area (Å²) in [7, 11) is 0. The number of hydrogen-bond donors (Lipinski definition) is 0. The zero-order valence-electron chi connectivity index (χ0n) is 13.6. The van der Waals surface area contributed by atoms with Crippen LogP contribution in [0, 0.1) is 5.92 Å². The van der Waals surface area contributed by atoms with E-state index in [1.54, 1.807) is 12.1 Å². The highest BCUT2D eigenvalue weighted by atomic mass is 35.5. The summed E-state index contributed by atoms with van der Waals surface area (Å²) in [5.41, 5.74) is 1.09. The molecule has 4 nitrogen and oxygen atoms in total. The van der Waals surface area contributed by atoms with Gasteiger partial charge in [0.25, 0.3) is 5.91 Å².